The van der Waals surface area contributed by atoms with E-state index in [1.54, 1.807) is 35.9 Å². The van der Waals surface area contributed by atoms with Crippen molar-refractivity contribution >= 4 is 38.4 Å². The van der Waals surface area contributed by atoms with Crippen LogP contribution in [0.15, 0.2) is 51.1 Å². The highest BCUT2D eigenvalue weighted by Gasteiger charge is 2.18. The summed E-state index contributed by atoms with van der Waals surface area (Å²) in [5, 5.41) is 18.9. The van der Waals surface area contributed by atoms with Gasteiger partial charge in [-0.3, -0.25) is 4.79 Å². The van der Waals surface area contributed by atoms with Crippen molar-refractivity contribution in [1.82, 2.24) is 4.57 Å². The Morgan fingerprint density at radius 2 is 2.00 bits per heavy atom. The molecule has 7 heteroatoms. The van der Waals surface area contributed by atoms with Gasteiger partial charge in [-0.15, -0.1) is 10.2 Å². The van der Waals surface area contributed by atoms with Crippen molar-refractivity contribution in [2.24, 2.45) is 17.3 Å². The monoisotopic (exact) mass is 401 g/mol. The van der Waals surface area contributed by atoms with E-state index in [4.69, 9.17) is 4.74 Å². The third-order valence-electron chi connectivity index (χ3n) is 3.96. The number of nitrogens with zero attached hydrogens (tertiary/aromatic N) is 3. The molecule has 0 aliphatic heterocycles. The second kappa shape index (κ2) is 6.68. The van der Waals surface area contributed by atoms with Gasteiger partial charge >= 0.3 is 0 Å². The number of azo groups is 1. The van der Waals surface area contributed by atoms with Crippen LogP contribution >= 0.6 is 15.9 Å². The smallest absolute Gasteiger partial charge is 0.299 e. The number of benzene rings is 2. The molecule has 1 aromatic heterocycles. The molecule has 3 rings (SSSR count). The van der Waals surface area contributed by atoms with Gasteiger partial charge in [-0.1, -0.05) is 28.1 Å². The summed E-state index contributed by atoms with van der Waals surface area (Å²) in [5.74, 6) is -0.166. The second-order valence-corrected chi connectivity index (χ2v) is 6.47. The van der Waals surface area contributed by atoms with E-state index in [9.17, 15) is 9.90 Å². The van der Waals surface area contributed by atoms with Gasteiger partial charge in [-0.25, -0.2) is 0 Å². The number of amides is 1. The molecule has 0 unspecified atom stereocenters. The molecule has 0 aliphatic carbocycles. The van der Waals surface area contributed by atoms with Gasteiger partial charge in [0, 0.05) is 16.9 Å². The van der Waals surface area contributed by atoms with E-state index in [2.05, 4.69) is 26.2 Å². The molecule has 25 heavy (non-hydrogen) atoms. The Balaban J connectivity index is 2.07. The molecule has 3 aromatic rings. The summed E-state index contributed by atoms with van der Waals surface area (Å²) in [5.41, 5.74) is 2.37. The van der Waals surface area contributed by atoms with Gasteiger partial charge in [0.1, 0.15) is 5.75 Å². The van der Waals surface area contributed by atoms with E-state index in [0.717, 1.165) is 15.6 Å². The van der Waals surface area contributed by atoms with Crippen LogP contribution < -0.4 is 4.74 Å². The molecule has 0 fully saturated rings. The number of halogens is 1. The number of hydrogen-bond donors (Lipinski definition) is 1. The number of aromatic hydroxyl groups is 1. The normalized spacial score (nSPS) is 11.4. The number of hydrogen-bond acceptors (Lipinski definition) is 4. The van der Waals surface area contributed by atoms with Crippen LogP contribution in [0.1, 0.15) is 15.9 Å². The lowest BCUT2D eigenvalue weighted by atomic mass is 10.1. The van der Waals surface area contributed by atoms with Crippen LogP contribution in [0.3, 0.4) is 0 Å². The van der Waals surface area contributed by atoms with Crippen LogP contribution in [-0.4, -0.2) is 22.7 Å². The van der Waals surface area contributed by atoms with Crippen LogP contribution in [0.25, 0.3) is 10.9 Å². The zero-order valence-electron chi connectivity index (χ0n) is 13.9. The molecule has 0 spiro atoms. The van der Waals surface area contributed by atoms with E-state index >= 15 is 0 Å². The van der Waals surface area contributed by atoms with Crippen LogP contribution in [0, 0.1) is 6.92 Å². The van der Waals surface area contributed by atoms with Crippen molar-refractivity contribution in [2.75, 3.05) is 7.11 Å². The lowest BCUT2D eigenvalue weighted by Gasteiger charge is -2.03. The molecule has 1 N–H and O–H groups in total. The SMILES string of the molecule is COc1ccccc1C(=O)N=Nc1c(O)n(C)c2c(C)cc(Br)cc12. The molecule has 0 atom stereocenters. The summed E-state index contributed by atoms with van der Waals surface area (Å²) in [6, 6.07) is 10.6. The predicted molar refractivity (Wildman–Crippen MR) is 98.9 cm³/mol. The summed E-state index contributed by atoms with van der Waals surface area (Å²) >= 11 is 3.44. The number of fused-ring (bicyclic) bond motifs is 1. The van der Waals surface area contributed by atoms with Crippen molar-refractivity contribution in [3.63, 3.8) is 0 Å². The number of aromatic nitrogens is 1. The van der Waals surface area contributed by atoms with Gasteiger partial charge in [-0.05, 0) is 36.8 Å². The average Bonchev–Trinajstić information content (AvgIpc) is 2.83. The quantitative estimate of drug-likeness (QED) is 0.634. The van der Waals surface area contributed by atoms with Crippen molar-refractivity contribution < 1.29 is 14.6 Å². The Hall–Kier alpha value is -2.67. The number of aryl methyl sites for hydroxylation is 2. The van der Waals surface area contributed by atoms with Gasteiger partial charge in [0.2, 0.25) is 5.88 Å². The number of methoxy groups -OCH3 is 1. The van der Waals surface area contributed by atoms with E-state index in [-0.39, 0.29) is 11.6 Å². The van der Waals surface area contributed by atoms with Crippen LogP contribution in [0.2, 0.25) is 0 Å². The highest BCUT2D eigenvalue weighted by Crippen LogP contribution is 2.40. The summed E-state index contributed by atoms with van der Waals surface area (Å²) < 4.78 is 7.65. The molecule has 2 aromatic carbocycles. The number of carbonyl (C=O) groups is 1. The maximum atomic E-state index is 12.3. The Kier molecular flexibility index (Phi) is 4.59. The summed E-state index contributed by atoms with van der Waals surface area (Å²) in [4.78, 5) is 12.3. The molecule has 1 heterocycles. The molecule has 1 amide bonds. The summed E-state index contributed by atoms with van der Waals surface area (Å²) in [6.45, 7) is 1.94. The fourth-order valence-corrected chi connectivity index (χ4v) is 3.39. The van der Waals surface area contributed by atoms with Crippen molar-refractivity contribution in [3.8, 4) is 11.6 Å². The molecule has 0 bridgehead atoms. The third kappa shape index (κ3) is 3.02. The molecule has 0 radical (unpaired) electrons. The molecule has 0 saturated carbocycles. The summed E-state index contributed by atoms with van der Waals surface area (Å²) in [7, 11) is 3.22. The Morgan fingerprint density at radius 3 is 2.72 bits per heavy atom. The lowest BCUT2D eigenvalue weighted by Crippen LogP contribution is -1.97. The zero-order chi connectivity index (χ0) is 18.1. The van der Waals surface area contributed by atoms with Crippen molar-refractivity contribution in [2.45, 2.75) is 6.92 Å². The highest BCUT2D eigenvalue weighted by molar-refractivity contribution is 9.10. The Labute approximate surface area is 152 Å². The standard InChI is InChI=1S/C18H16BrN3O3/c1-10-8-11(19)9-13-15(18(24)22(2)16(10)13)20-21-17(23)12-6-4-5-7-14(12)25-3/h4-9,24H,1-3H3. The maximum Gasteiger partial charge on any atom is 0.299 e. The van der Waals surface area contributed by atoms with Crippen LogP contribution in [0.4, 0.5) is 5.69 Å². The number of ether oxygens (including phenoxy) is 1. The van der Waals surface area contributed by atoms with Crippen LogP contribution in [-0.2, 0) is 7.05 Å². The second-order valence-electron chi connectivity index (χ2n) is 5.56. The first kappa shape index (κ1) is 17.2. The maximum absolute atomic E-state index is 12.3. The molecular weight excluding hydrogens is 386 g/mol. The van der Waals surface area contributed by atoms with Crippen LogP contribution in [0.5, 0.6) is 11.6 Å². The highest BCUT2D eigenvalue weighted by atomic mass is 79.9. The minimum absolute atomic E-state index is 0.0484. The van der Waals surface area contributed by atoms with E-state index in [1.165, 1.54) is 7.11 Å². The van der Waals surface area contributed by atoms with Gasteiger partial charge in [-0.2, -0.15) is 0 Å². The zero-order valence-corrected chi connectivity index (χ0v) is 15.5. The first-order chi connectivity index (χ1) is 11.9. The number of para-hydroxylation sites is 1. The van der Waals surface area contributed by atoms with Gasteiger partial charge in [0.05, 0.1) is 18.2 Å². The lowest BCUT2D eigenvalue weighted by molar-refractivity contribution is 0.0992. The third-order valence-corrected chi connectivity index (χ3v) is 4.42. The first-order valence-corrected chi connectivity index (χ1v) is 8.30. The predicted octanol–water partition coefficient (Wildman–Crippen LogP) is 4.89. The minimum atomic E-state index is -0.541. The fraction of sp³-hybridized carbons (Fsp3) is 0.167. The largest absolute Gasteiger partial charge is 0.496 e. The van der Waals surface area contributed by atoms with Crippen molar-refractivity contribution in [3.05, 3.63) is 52.0 Å². The molecule has 0 saturated heterocycles. The van der Waals surface area contributed by atoms with Gasteiger partial charge in [0.25, 0.3) is 5.91 Å². The van der Waals surface area contributed by atoms with E-state index in [1.807, 2.05) is 19.1 Å². The Bertz CT molecular complexity index is 1010. The summed E-state index contributed by atoms with van der Waals surface area (Å²) in [6.07, 6.45) is 0. The first-order valence-electron chi connectivity index (χ1n) is 7.50. The molecule has 128 valence electrons. The van der Waals surface area contributed by atoms with Gasteiger partial charge < -0.3 is 14.4 Å². The number of rotatable bonds is 3. The number of carbonyl (C=O) groups excluding carboxylic acids is 1. The minimum Gasteiger partial charge on any atom is -0.496 e. The Morgan fingerprint density at radius 1 is 1.28 bits per heavy atom. The molecule has 6 nitrogen and oxygen atoms in total. The molecular formula is C18H16BrN3O3. The molecule has 0 aliphatic rings. The fourth-order valence-electron chi connectivity index (χ4n) is 2.82. The average molecular weight is 402 g/mol. The topological polar surface area (TPSA) is 76.2 Å². The van der Waals surface area contributed by atoms with Gasteiger partial charge in [0.15, 0.2) is 5.69 Å². The van der Waals surface area contributed by atoms with E-state index in [0.29, 0.717) is 16.7 Å². The van der Waals surface area contributed by atoms with E-state index < -0.39 is 5.91 Å². The van der Waals surface area contributed by atoms with Crippen molar-refractivity contribution in [1.29, 1.82) is 0 Å².